The standard InChI is InChI=1S/C13H22N2O5S/c1-15(7-4-8-16)21(17,18)14-10-11-5-6-12(19-2)13(9-11)20-3/h5-6,9,14,16H,4,7-8,10H2,1-3H3. The van der Waals surface area contributed by atoms with Crippen LogP contribution >= 0.6 is 0 Å². The fourth-order valence-electron chi connectivity index (χ4n) is 1.69. The van der Waals surface area contributed by atoms with Gasteiger partial charge in [0, 0.05) is 26.7 Å². The Hall–Kier alpha value is -1.35. The van der Waals surface area contributed by atoms with E-state index < -0.39 is 10.2 Å². The summed E-state index contributed by atoms with van der Waals surface area (Å²) in [5.74, 6) is 1.13. The van der Waals surface area contributed by atoms with E-state index in [1.54, 1.807) is 18.2 Å². The van der Waals surface area contributed by atoms with Gasteiger partial charge < -0.3 is 14.6 Å². The van der Waals surface area contributed by atoms with Gasteiger partial charge in [0.25, 0.3) is 10.2 Å². The van der Waals surface area contributed by atoms with Crippen LogP contribution in [0.1, 0.15) is 12.0 Å². The minimum Gasteiger partial charge on any atom is -0.493 e. The van der Waals surface area contributed by atoms with Crippen LogP contribution in [0.25, 0.3) is 0 Å². The molecule has 0 saturated carbocycles. The maximum atomic E-state index is 12.0. The Morgan fingerprint density at radius 1 is 1.24 bits per heavy atom. The number of aliphatic hydroxyl groups excluding tert-OH is 1. The van der Waals surface area contributed by atoms with Crippen LogP contribution in [0.4, 0.5) is 0 Å². The van der Waals surface area contributed by atoms with Crippen LogP contribution in [-0.4, -0.2) is 52.2 Å². The Morgan fingerprint density at radius 2 is 1.90 bits per heavy atom. The number of benzene rings is 1. The normalized spacial score (nSPS) is 11.7. The molecule has 0 saturated heterocycles. The molecular formula is C13H22N2O5S. The van der Waals surface area contributed by atoms with Crippen molar-refractivity contribution < 1.29 is 23.0 Å². The molecule has 8 heteroatoms. The van der Waals surface area contributed by atoms with Crippen LogP contribution in [0.5, 0.6) is 11.5 Å². The van der Waals surface area contributed by atoms with Crippen LogP contribution in [0, 0.1) is 0 Å². The van der Waals surface area contributed by atoms with Crippen LogP contribution < -0.4 is 14.2 Å². The van der Waals surface area contributed by atoms with Gasteiger partial charge in [0.1, 0.15) is 0 Å². The van der Waals surface area contributed by atoms with Crippen LogP contribution in [0.3, 0.4) is 0 Å². The summed E-state index contributed by atoms with van der Waals surface area (Å²) in [6, 6.07) is 5.20. The molecule has 1 aromatic rings. The number of aliphatic hydroxyl groups is 1. The first kappa shape index (κ1) is 17.7. The van der Waals surface area contributed by atoms with Crippen molar-refractivity contribution in [1.82, 2.24) is 9.03 Å². The molecule has 0 spiro atoms. The zero-order valence-corrected chi connectivity index (χ0v) is 13.3. The predicted octanol–water partition coefficient (Wildman–Crippen LogP) is 0.352. The summed E-state index contributed by atoms with van der Waals surface area (Å²) in [6.45, 7) is 0.361. The highest BCUT2D eigenvalue weighted by Crippen LogP contribution is 2.27. The molecule has 0 aromatic heterocycles. The van der Waals surface area contributed by atoms with Crippen LogP contribution in [-0.2, 0) is 16.8 Å². The molecule has 0 atom stereocenters. The van der Waals surface area contributed by atoms with E-state index in [-0.39, 0.29) is 19.7 Å². The molecule has 0 amide bonds. The summed E-state index contributed by atoms with van der Waals surface area (Å²) in [5.41, 5.74) is 0.756. The zero-order chi connectivity index (χ0) is 15.9. The van der Waals surface area contributed by atoms with Gasteiger partial charge in [0.2, 0.25) is 0 Å². The molecule has 2 N–H and O–H groups in total. The predicted molar refractivity (Wildman–Crippen MR) is 79.6 cm³/mol. The summed E-state index contributed by atoms with van der Waals surface area (Å²) in [7, 11) is 0.959. The Bertz CT molecular complexity index is 547. The lowest BCUT2D eigenvalue weighted by Crippen LogP contribution is -2.38. The number of nitrogens with zero attached hydrogens (tertiary/aromatic N) is 1. The van der Waals surface area contributed by atoms with E-state index >= 15 is 0 Å². The molecule has 21 heavy (non-hydrogen) atoms. The van der Waals surface area contributed by atoms with E-state index in [2.05, 4.69) is 4.72 Å². The Morgan fingerprint density at radius 3 is 2.48 bits per heavy atom. The second kappa shape index (κ2) is 8.18. The van der Waals surface area contributed by atoms with E-state index in [9.17, 15) is 8.42 Å². The lowest BCUT2D eigenvalue weighted by atomic mass is 10.2. The number of hydrogen-bond donors (Lipinski definition) is 2. The number of hydrogen-bond acceptors (Lipinski definition) is 5. The summed E-state index contributed by atoms with van der Waals surface area (Å²) in [6.07, 6.45) is 0.397. The third kappa shape index (κ3) is 5.16. The highest BCUT2D eigenvalue weighted by Gasteiger charge is 2.16. The van der Waals surface area contributed by atoms with Gasteiger partial charge in [0.15, 0.2) is 11.5 Å². The van der Waals surface area contributed by atoms with Gasteiger partial charge in [-0.3, -0.25) is 0 Å². The monoisotopic (exact) mass is 318 g/mol. The van der Waals surface area contributed by atoms with Gasteiger partial charge in [-0.15, -0.1) is 0 Å². The zero-order valence-electron chi connectivity index (χ0n) is 12.5. The summed E-state index contributed by atoms with van der Waals surface area (Å²) in [5, 5.41) is 8.73. The van der Waals surface area contributed by atoms with Crippen molar-refractivity contribution >= 4 is 10.2 Å². The first-order chi connectivity index (χ1) is 9.94. The minimum atomic E-state index is -3.57. The fraction of sp³-hybridized carbons (Fsp3) is 0.538. The minimum absolute atomic E-state index is 0.0461. The van der Waals surface area contributed by atoms with E-state index in [1.165, 1.54) is 25.6 Å². The molecular weight excluding hydrogens is 296 g/mol. The molecule has 0 unspecified atom stereocenters. The molecule has 1 rings (SSSR count). The van der Waals surface area contributed by atoms with E-state index in [1.807, 2.05) is 0 Å². The number of rotatable bonds is 9. The average Bonchev–Trinajstić information content (AvgIpc) is 2.50. The molecule has 0 aliphatic carbocycles. The molecule has 0 heterocycles. The fourth-order valence-corrected chi connectivity index (χ4v) is 2.63. The number of ether oxygens (including phenoxy) is 2. The van der Waals surface area contributed by atoms with Gasteiger partial charge in [-0.2, -0.15) is 17.4 Å². The highest BCUT2D eigenvalue weighted by atomic mass is 32.2. The lowest BCUT2D eigenvalue weighted by molar-refractivity contribution is 0.275. The smallest absolute Gasteiger partial charge is 0.279 e. The van der Waals surface area contributed by atoms with Crippen molar-refractivity contribution in [3.8, 4) is 11.5 Å². The highest BCUT2D eigenvalue weighted by molar-refractivity contribution is 7.87. The third-order valence-electron chi connectivity index (χ3n) is 2.95. The first-order valence-electron chi connectivity index (χ1n) is 6.47. The summed E-state index contributed by atoms with van der Waals surface area (Å²) in [4.78, 5) is 0. The van der Waals surface area contributed by atoms with Crippen molar-refractivity contribution in [3.05, 3.63) is 23.8 Å². The number of methoxy groups -OCH3 is 2. The molecule has 0 aliphatic heterocycles. The third-order valence-corrected chi connectivity index (χ3v) is 4.46. The summed E-state index contributed by atoms with van der Waals surface area (Å²) < 4.78 is 37.9. The van der Waals surface area contributed by atoms with Crippen molar-refractivity contribution in [3.63, 3.8) is 0 Å². The second-order valence-corrected chi connectivity index (χ2v) is 6.28. The van der Waals surface area contributed by atoms with Crippen molar-refractivity contribution in [2.45, 2.75) is 13.0 Å². The van der Waals surface area contributed by atoms with E-state index in [0.717, 1.165) is 5.56 Å². The average molecular weight is 318 g/mol. The first-order valence-corrected chi connectivity index (χ1v) is 7.91. The second-order valence-electron chi connectivity index (χ2n) is 4.41. The van der Waals surface area contributed by atoms with Crippen molar-refractivity contribution in [2.24, 2.45) is 0 Å². The van der Waals surface area contributed by atoms with Crippen molar-refractivity contribution in [1.29, 1.82) is 0 Å². The largest absolute Gasteiger partial charge is 0.493 e. The Labute approximate surface area is 125 Å². The van der Waals surface area contributed by atoms with E-state index in [4.69, 9.17) is 14.6 Å². The van der Waals surface area contributed by atoms with Gasteiger partial charge in [-0.25, -0.2) is 0 Å². The molecule has 0 aliphatic rings. The topological polar surface area (TPSA) is 88.1 Å². The number of nitrogens with one attached hydrogen (secondary N) is 1. The van der Waals surface area contributed by atoms with Gasteiger partial charge in [-0.1, -0.05) is 6.07 Å². The molecule has 0 bridgehead atoms. The van der Waals surface area contributed by atoms with Crippen LogP contribution in [0.2, 0.25) is 0 Å². The molecule has 0 radical (unpaired) electrons. The van der Waals surface area contributed by atoms with Gasteiger partial charge >= 0.3 is 0 Å². The lowest BCUT2D eigenvalue weighted by Gasteiger charge is -2.17. The maximum Gasteiger partial charge on any atom is 0.279 e. The van der Waals surface area contributed by atoms with Gasteiger partial charge in [0.05, 0.1) is 14.2 Å². The quantitative estimate of drug-likeness (QED) is 0.686. The van der Waals surface area contributed by atoms with Crippen LogP contribution in [0.15, 0.2) is 18.2 Å². The maximum absolute atomic E-state index is 12.0. The molecule has 7 nitrogen and oxygen atoms in total. The van der Waals surface area contributed by atoms with E-state index in [0.29, 0.717) is 17.9 Å². The van der Waals surface area contributed by atoms with Crippen molar-refractivity contribution in [2.75, 3.05) is 34.4 Å². The molecule has 1 aromatic carbocycles. The SMILES string of the molecule is COc1ccc(CNS(=O)(=O)N(C)CCCO)cc1OC. The summed E-state index contributed by atoms with van der Waals surface area (Å²) >= 11 is 0. The Balaban J connectivity index is 2.70. The van der Waals surface area contributed by atoms with Gasteiger partial charge in [-0.05, 0) is 24.1 Å². The molecule has 0 fully saturated rings. The Kier molecular flexibility index (Phi) is 6.90. The molecule has 120 valence electrons.